The summed E-state index contributed by atoms with van der Waals surface area (Å²) in [5.41, 5.74) is 2.43. The Hall–Kier alpha value is -3.28. The summed E-state index contributed by atoms with van der Waals surface area (Å²) in [5.74, 6) is 0.193. The molecule has 0 aliphatic carbocycles. The molecule has 0 spiro atoms. The van der Waals surface area contributed by atoms with Gasteiger partial charge in [-0.2, -0.15) is 0 Å². The van der Waals surface area contributed by atoms with Gasteiger partial charge in [0.1, 0.15) is 5.82 Å². The first-order valence-corrected chi connectivity index (χ1v) is 9.31. The monoisotopic (exact) mass is 378 g/mol. The number of rotatable bonds is 8. The maximum Gasteiger partial charge on any atom is 0.271 e. The van der Waals surface area contributed by atoms with Gasteiger partial charge in [0.05, 0.1) is 0 Å². The van der Waals surface area contributed by atoms with Crippen LogP contribution in [0.3, 0.4) is 0 Å². The van der Waals surface area contributed by atoms with Gasteiger partial charge >= 0.3 is 0 Å². The fourth-order valence-corrected chi connectivity index (χ4v) is 2.84. The van der Waals surface area contributed by atoms with E-state index in [9.17, 15) is 9.18 Å². The molecular weight excluding hydrogens is 355 g/mol. The van der Waals surface area contributed by atoms with E-state index in [1.165, 1.54) is 17.7 Å². The van der Waals surface area contributed by atoms with E-state index in [0.29, 0.717) is 13.0 Å². The molecule has 0 aliphatic heterocycles. The average molecular weight is 378 g/mol. The number of aromatic nitrogens is 2. The van der Waals surface area contributed by atoms with Crippen LogP contribution in [0.2, 0.25) is 0 Å². The molecule has 0 fully saturated rings. The predicted molar refractivity (Wildman–Crippen MR) is 108 cm³/mol. The summed E-state index contributed by atoms with van der Waals surface area (Å²) in [6.45, 7) is 4.02. The third-order valence-corrected chi connectivity index (χ3v) is 4.42. The third-order valence-electron chi connectivity index (χ3n) is 4.42. The van der Waals surface area contributed by atoms with Crippen molar-refractivity contribution in [3.63, 3.8) is 0 Å². The minimum atomic E-state index is -0.271. The Labute approximate surface area is 164 Å². The van der Waals surface area contributed by atoms with Gasteiger partial charge in [-0.15, -0.1) is 10.2 Å². The van der Waals surface area contributed by atoms with E-state index in [2.05, 4.69) is 39.5 Å². The highest BCUT2D eigenvalue weighted by Gasteiger charge is 2.11. The molecule has 0 unspecified atom stereocenters. The highest BCUT2D eigenvalue weighted by molar-refractivity contribution is 5.92. The maximum atomic E-state index is 12.9. The van der Waals surface area contributed by atoms with E-state index >= 15 is 0 Å². The van der Waals surface area contributed by atoms with Gasteiger partial charge < -0.3 is 10.2 Å². The van der Waals surface area contributed by atoms with Crippen LogP contribution in [0.5, 0.6) is 0 Å². The topological polar surface area (TPSA) is 58.1 Å². The SMILES string of the molecule is CCN(Cc1ccccc1)c1ccc(C(=O)NCCc2ccc(F)cc2)nn1. The largest absolute Gasteiger partial charge is 0.351 e. The zero-order valence-corrected chi connectivity index (χ0v) is 15.8. The van der Waals surface area contributed by atoms with E-state index in [-0.39, 0.29) is 17.4 Å². The first-order chi connectivity index (χ1) is 13.7. The minimum Gasteiger partial charge on any atom is -0.351 e. The predicted octanol–water partition coefficient (Wildman–Crippen LogP) is 3.61. The van der Waals surface area contributed by atoms with Crippen LogP contribution < -0.4 is 10.2 Å². The van der Waals surface area contributed by atoms with Crippen LogP contribution in [0.25, 0.3) is 0 Å². The zero-order chi connectivity index (χ0) is 19.8. The van der Waals surface area contributed by atoms with Crippen molar-refractivity contribution in [3.05, 3.63) is 89.4 Å². The van der Waals surface area contributed by atoms with Gasteiger partial charge in [0, 0.05) is 19.6 Å². The molecule has 1 aromatic heterocycles. The molecule has 28 heavy (non-hydrogen) atoms. The van der Waals surface area contributed by atoms with E-state index < -0.39 is 0 Å². The summed E-state index contributed by atoms with van der Waals surface area (Å²) >= 11 is 0. The molecule has 6 heteroatoms. The standard InChI is InChI=1S/C22H23FN4O/c1-2-27(16-18-6-4-3-5-7-18)21-13-12-20(25-26-21)22(28)24-15-14-17-8-10-19(23)11-9-17/h3-13H,2,14-16H2,1H3,(H,24,28). The highest BCUT2D eigenvalue weighted by Crippen LogP contribution is 2.13. The fraction of sp³-hybridized carbons (Fsp3) is 0.227. The lowest BCUT2D eigenvalue weighted by Gasteiger charge is -2.21. The molecule has 1 N–H and O–H groups in total. The van der Waals surface area contributed by atoms with E-state index in [1.807, 2.05) is 24.3 Å². The summed E-state index contributed by atoms with van der Waals surface area (Å²) in [5, 5.41) is 11.1. The molecule has 3 rings (SSSR count). The number of anilines is 1. The first-order valence-electron chi connectivity index (χ1n) is 9.31. The van der Waals surface area contributed by atoms with Crippen molar-refractivity contribution in [3.8, 4) is 0 Å². The number of halogens is 1. The molecule has 1 amide bonds. The number of amides is 1. The van der Waals surface area contributed by atoms with Gasteiger partial charge in [0.25, 0.3) is 5.91 Å². The number of hydrogen-bond acceptors (Lipinski definition) is 4. The van der Waals surface area contributed by atoms with Gasteiger partial charge in [-0.1, -0.05) is 42.5 Å². The number of nitrogens with one attached hydrogen (secondary N) is 1. The van der Waals surface area contributed by atoms with Crippen LogP contribution in [0.1, 0.15) is 28.5 Å². The lowest BCUT2D eigenvalue weighted by atomic mass is 10.1. The van der Waals surface area contributed by atoms with Gasteiger partial charge in [-0.3, -0.25) is 4.79 Å². The second-order valence-electron chi connectivity index (χ2n) is 6.41. The van der Waals surface area contributed by atoms with Crippen molar-refractivity contribution < 1.29 is 9.18 Å². The third kappa shape index (κ3) is 5.36. The van der Waals surface area contributed by atoms with Crippen molar-refractivity contribution in [1.29, 1.82) is 0 Å². The average Bonchev–Trinajstić information content (AvgIpc) is 2.74. The smallest absolute Gasteiger partial charge is 0.271 e. The highest BCUT2D eigenvalue weighted by atomic mass is 19.1. The molecule has 0 atom stereocenters. The number of nitrogens with zero attached hydrogens (tertiary/aromatic N) is 3. The van der Waals surface area contributed by atoms with Crippen molar-refractivity contribution >= 4 is 11.7 Å². The number of carbonyl (C=O) groups is 1. The summed E-state index contributed by atoms with van der Waals surface area (Å²) in [6, 6.07) is 19.9. The molecule has 1 heterocycles. The molecule has 3 aromatic rings. The van der Waals surface area contributed by atoms with Crippen LogP contribution >= 0.6 is 0 Å². The molecular formula is C22H23FN4O. The number of hydrogen-bond donors (Lipinski definition) is 1. The molecule has 0 aliphatic rings. The summed E-state index contributed by atoms with van der Waals surface area (Å²) in [4.78, 5) is 14.3. The molecule has 0 saturated heterocycles. The molecule has 5 nitrogen and oxygen atoms in total. The van der Waals surface area contributed by atoms with E-state index in [0.717, 1.165) is 24.5 Å². The Morgan fingerprint density at radius 3 is 2.36 bits per heavy atom. The second-order valence-corrected chi connectivity index (χ2v) is 6.41. The van der Waals surface area contributed by atoms with Gasteiger partial charge in [0.15, 0.2) is 11.5 Å². The summed E-state index contributed by atoms with van der Waals surface area (Å²) in [7, 11) is 0. The van der Waals surface area contributed by atoms with Crippen molar-refractivity contribution in [2.75, 3.05) is 18.0 Å². The van der Waals surface area contributed by atoms with Crippen LogP contribution in [0, 0.1) is 5.82 Å². The summed E-state index contributed by atoms with van der Waals surface area (Å²) in [6.07, 6.45) is 0.623. The summed E-state index contributed by atoms with van der Waals surface area (Å²) < 4.78 is 12.9. The Morgan fingerprint density at radius 2 is 1.71 bits per heavy atom. The van der Waals surface area contributed by atoms with Gasteiger partial charge in [0.2, 0.25) is 0 Å². The Kier molecular flexibility index (Phi) is 6.68. The Morgan fingerprint density at radius 1 is 0.964 bits per heavy atom. The second kappa shape index (κ2) is 9.60. The first kappa shape index (κ1) is 19.5. The molecule has 2 aromatic carbocycles. The van der Waals surface area contributed by atoms with Crippen molar-refractivity contribution in [2.45, 2.75) is 19.9 Å². The van der Waals surface area contributed by atoms with Crippen molar-refractivity contribution in [1.82, 2.24) is 15.5 Å². The van der Waals surface area contributed by atoms with Gasteiger partial charge in [-0.25, -0.2) is 4.39 Å². The molecule has 144 valence electrons. The molecule has 0 bridgehead atoms. The Balaban J connectivity index is 1.55. The fourth-order valence-electron chi connectivity index (χ4n) is 2.84. The van der Waals surface area contributed by atoms with Gasteiger partial charge in [-0.05, 0) is 48.7 Å². The Bertz CT molecular complexity index is 883. The normalized spacial score (nSPS) is 10.5. The zero-order valence-electron chi connectivity index (χ0n) is 15.8. The molecule has 0 saturated carbocycles. The maximum absolute atomic E-state index is 12.9. The minimum absolute atomic E-state index is 0.267. The quantitative estimate of drug-likeness (QED) is 0.651. The van der Waals surface area contributed by atoms with E-state index in [4.69, 9.17) is 0 Å². The number of benzene rings is 2. The van der Waals surface area contributed by atoms with Crippen LogP contribution in [0.15, 0.2) is 66.7 Å². The van der Waals surface area contributed by atoms with Crippen LogP contribution in [-0.2, 0) is 13.0 Å². The molecule has 0 radical (unpaired) electrons. The van der Waals surface area contributed by atoms with Crippen molar-refractivity contribution in [2.24, 2.45) is 0 Å². The van der Waals surface area contributed by atoms with E-state index in [1.54, 1.807) is 18.2 Å². The lowest BCUT2D eigenvalue weighted by molar-refractivity contribution is 0.0948. The van der Waals surface area contributed by atoms with Crippen LogP contribution in [0.4, 0.5) is 10.2 Å². The van der Waals surface area contributed by atoms with Crippen LogP contribution in [-0.4, -0.2) is 29.2 Å². The lowest BCUT2D eigenvalue weighted by Crippen LogP contribution is -2.28. The number of carbonyl (C=O) groups excluding carboxylic acids is 1.